The second kappa shape index (κ2) is 12.6. The summed E-state index contributed by atoms with van der Waals surface area (Å²) in [6, 6.07) is 13.8. The molecule has 208 valence electrons. The van der Waals surface area contributed by atoms with Crippen LogP contribution in [0.25, 0.3) is 10.9 Å². The van der Waals surface area contributed by atoms with Crippen molar-refractivity contribution in [3.63, 3.8) is 0 Å². The Morgan fingerprint density at radius 1 is 1.08 bits per heavy atom. The molecule has 9 nitrogen and oxygen atoms in total. The third-order valence-corrected chi connectivity index (χ3v) is 8.47. The maximum absolute atomic E-state index is 13.5. The Labute approximate surface area is 227 Å². The number of pyridine rings is 1. The van der Waals surface area contributed by atoms with Gasteiger partial charge in [0, 0.05) is 31.0 Å². The van der Waals surface area contributed by atoms with Gasteiger partial charge in [0.25, 0.3) is 5.91 Å². The zero-order valence-corrected chi connectivity index (χ0v) is 22.8. The van der Waals surface area contributed by atoms with E-state index in [1.165, 1.54) is 25.3 Å². The van der Waals surface area contributed by atoms with Crippen LogP contribution in [0.15, 0.2) is 59.5 Å². The number of carbonyl (C=O) groups excluding carboxylic acids is 2. The van der Waals surface area contributed by atoms with E-state index in [-0.39, 0.29) is 53.5 Å². The summed E-state index contributed by atoms with van der Waals surface area (Å²) in [6.45, 7) is 2.33. The first-order chi connectivity index (χ1) is 18.7. The van der Waals surface area contributed by atoms with Crippen LogP contribution < -0.4 is 15.4 Å². The molecular weight excluding hydrogens is 523 g/mol. The van der Waals surface area contributed by atoms with Gasteiger partial charge in [-0.3, -0.25) is 9.59 Å². The summed E-state index contributed by atoms with van der Waals surface area (Å²) in [5, 5.41) is 6.22. The number of methoxy groups -OCH3 is 1. The van der Waals surface area contributed by atoms with Gasteiger partial charge in [0.2, 0.25) is 15.9 Å². The molecule has 0 radical (unpaired) electrons. The first kappa shape index (κ1) is 28.6. The number of para-hydroxylation sites is 1. The second-order valence-electron chi connectivity index (χ2n) is 9.73. The second-order valence-corrected chi connectivity index (χ2v) is 11.4. The predicted octanol–water partition coefficient (Wildman–Crippen LogP) is 3.46. The molecule has 1 aliphatic rings. The third-order valence-electron chi connectivity index (χ3n) is 6.93. The number of carbonyl (C=O) groups is 2. The summed E-state index contributed by atoms with van der Waals surface area (Å²) in [6.07, 6.45) is 1.96. The first-order valence-corrected chi connectivity index (χ1v) is 14.4. The van der Waals surface area contributed by atoms with Gasteiger partial charge in [-0.05, 0) is 62.4 Å². The van der Waals surface area contributed by atoms with Crippen LogP contribution in [-0.4, -0.2) is 51.5 Å². The Bertz CT molecular complexity index is 1420. The van der Waals surface area contributed by atoms with Crippen LogP contribution in [0.5, 0.6) is 0 Å². The fourth-order valence-electron chi connectivity index (χ4n) is 4.74. The molecule has 4 rings (SSSR count). The van der Waals surface area contributed by atoms with Gasteiger partial charge < -0.3 is 15.4 Å². The minimum Gasteiger partial charge on any atom is -0.383 e. The molecule has 0 saturated heterocycles. The molecule has 0 spiro atoms. The van der Waals surface area contributed by atoms with Crippen molar-refractivity contribution in [1.82, 2.24) is 20.3 Å². The topological polar surface area (TPSA) is 126 Å². The van der Waals surface area contributed by atoms with E-state index in [2.05, 4.69) is 20.3 Å². The summed E-state index contributed by atoms with van der Waals surface area (Å²) in [7, 11) is -2.58. The number of benzene rings is 2. The van der Waals surface area contributed by atoms with E-state index in [9.17, 15) is 22.4 Å². The Morgan fingerprint density at radius 3 is 2.46 bits per heavy atom. The summed E-state index contributed by atoms with van der Waals surface area (Å²) in [5.41, 5.74) is 1.13. The van der Waals surface area contributed by atoms with Crippen molar-refractivity contribution < 1.29 is 27.1 Å². The fraction of sp³-hybridized carbons (Fsp3) is 0.393. The van der Waals surface area contributed by atoms with Crippen molar-refractivity contribution in [2.75, 3.05) is 20.3 Å². The van der Waals surface area contributed by atoms with E-state index < -0.39 is 15.9 Å². The molecule has 1 saturated carbocycles. The van der Waals surface area contributed by atoms with Gasteiger partial charge in [0.05, 0.1) is 18.2 Å². The van der Waals surface area contributed by atoms with Crippen molar-refractivity contribution in [1.29, 1.82) is 0 Å². The molecule has 11 heteroatoms. The molecule has 2 amide bonds. The van der Waals surface area contributed by atoms with Crippen LogP contribution in [0.4, 0.5) is 4.39 Å². The normalized spacial score (nSPS) is 18.4. The number of rotatable bonds is 10. The summed E-state index contributed by atoms with van der Waals surface area (Å²) >= 11 is 0. The molecule has 1 aliphatic carbocycles. The number of nitrogens with one attached hydrogen (secondary N) is 3. The third kappa shape index (κ3) is 7.17. The maximum atomic E-state index is 13.5. The average Bonchev–Trinajstić information content (AvgIpc) is 2.93. The van der Waals surface area contributed by atoms with Gasteiger partial charge in [0.1, 0.15) is 16.4 Å². The van der Waals surface area contributed by atoms with Crippen molar-refractivity contribution in [3.8, 4) is 0 Å². The molecule has 39 heavy (non-hydrogen) atoms. The van der Waals surface area contributed by atoms with Crippen LogP contribution in [0.3, 0.4) is 0 Å². The number of hydrogen-bond donors (Lipinski definition) is 3. The van der Waals surface area contributed by atoms with Gasteiger partial charge in [0.15, 0.2) is 0 Å². The van der Waals surface area contributed by atoms with Crippen molar-refractivity contribution in [2.24, 2.45) is 5.92 Å². The molecule has 3 aromatic rings. The van der Waals surface area contributed by atoms with E-state index in [4.69, 9.17) is 4.74 Å². The number of nitrogens with zero attached hydrogens (tertiary/aromatic N) is 1. The summed E-state index contributed by atoms with van der Waals surface area (Å²) in [5.74, 6) is -1.30. The maximum Gasteiger partial charge on any atom is 0.271 e. The Kier molecular flexibility index (Phi) is 9.26. The molecule has 2 aromatic carbocycles. The number of halogens is 1. The Balaban J connectivity index is 1.42. The number of hydrogen-bond acceptors (Lipinski definition) is 6. The van der Waals surface area contributed by atoms with Gasteiger partial charge in [-0.2, -0.15) is 0 Å². The lowest BCUT2D eigenvalue weighted by Gasteiger charge is -2.29. The lowest BCUT2D eigenvalue weighted by molar-refractivity contribution is -0.126. The van der Waals surface area contributed by atoms with Crippen LogP contribution in [0.1, 0.15) is 54.7 Å². The molecule has 1 fully saturated rings. The van der Waals surface area contributed by atoms with Crippen LogP contribution >= 0.6 is 0 Å². The smallest absolute Gasteiger partial charge is 0.271 e. The summed E-state index contributed by atoms with van der Waals surface area (Å²) < 4.78 is 47.8. The number of ether oxygens (including phenoxy) is 1. The molecule has 0 aliphatic heterocycles. The highest BCUT2D eigenvalue weighted by atomic mass is 32.2. The van der Waals surface area contributed by atoms with Gasteiger partial charge >= 0.3 is 0 Å². The Hall–Kier alpha value is -3.41. The van der Waals surface area contributed by atoms with Crippen molar-refractivity contribution in [2.45, 2.75) is 49.6 Å². The van der Waals surface area contributed by atoms with Crippen LogP contribution in [-0.2, 0) is 19.6 Å². The van der Waals surface area contributed by atoms with E-state index in [0.29, 0.717) is 36.6 Å². The summed E-state index contributed by atoms with van der Waals surface area (Å²) in [4.78, 5) is 29.9. The minimum atomic E-state index is -4.09. The van der Waals surface area contributed by atoms with E-state index in [0.717, 1.165) is 5.56 Å². The Morgan fingerprint density at radius 2 is 1.77 bits per heavy atom. The fourth-order valence-corrected chi connectivity index (χ4v) is 6.21. The van der Waals surface area contributed by atoms with Gasteiger partial charge in [-0.25, -0.2) is 22.5 Å². The number of amides is 2. The zero-order chi connectivity index (χ0) is 28.0. The molecule has 1 aromatic heterocycles. The molecule has 0 unspecified atom stereocenters. The highest BCUT2D eigenvalue weighted by molar-refractivity contribution is 7.89. The number of sulfonamides is 1. The van der Waals surface area contributed by atoms with E-state index >= 15 is 0 Å². The zero-order valence-electron chi connectivity index (χ0n) is 21.9. The molecule has 0 bridgehead atoms. The largest absolute Gasteiger partial charge is 0.383 e. The average molecular weight is 557 g/mol. The van der Waals surface area contributed by atoms with Crippen molar-refractivity contribution >= 4 is 32.7 Å². The SMILES string of the molecule is COCCNC(=O)c1nc2ccccc2cc1S(=O)(=O)NC1CCC(C(=O)N[C@H](C)c2ccc(F)cc2)CC1. The monoisotopic (exact) mass is 556 g/mol. The molecular formula is C28H33FN4O5S. The van der Waals surface area contributed by atoms with Crippen LogP contribution in [0, 0.1) is 11.7 Å². The minimum absolute atomic E-state index is 0.109. The number of fused-ring (bicyclic) bond motifs is 1. The molecule has 1 atom stereocenters. The van der Waals surface area contributed by atoms with E-state index in [1.54, 1.807) is 36.4 Å². The van der Waals surface area contributed by atoms with Crippen LogP contribution in [0.2, 0.25) is 0 Å². The standard InChI is InChI=1S/C28H33FN4O5S/c1-18(19-7-11-22(29)12-8-19)31-27(34)20-9-13-23(14-10-20)33-39(36,37)25-17-21-5-3-4-6-24(21)32-26(25)28(35)30-15-16-38-2/h3-8,11-12,17-18,20,23,33H,9-10,13-16H2,1-2H3,(H,30,35)(H,31,34)/t18-,20?,23?/m1/s1. The quantitative estimate of drug-likeness (QED) is 0.328. The van der Waals surface area contributed by atoms with Gasteiger partial charge in [-0.1, -0.05) is 30.3 Å². The first-order valence-electron chi connectivity index (χ1n) is 12.9. The molecule has 1 heterocycles. The predicted molar refractivity (Wildman–Crippen MR) is 145 cm³/mol. The van der Waals surface area contributed by atoms with E-state index in [1.807, 2.05) is 6.92 Å². The highest BCUT2D eigenvalue weighted by Gasteiger charge is 2.32. The lowest BCUT2D eigenvalue weighted by Crippen LogP contribution is -2.42. The molecule has 3 N–H and O–H groups in total. The van der Waals surface area contributed by atoms with Gasteiger partial charge in [-0.15, -0.1) is 0 Å². The number of aromatic nitrogens is 1. The lowest BCUT2D eigenvalue weighted by atomic mass is 9.85. The van der Waals surface area contributed by atoms with Crippen molar-refractivity contribution in [3.05, 3.63) is 71.7 Å². The highest BCUT2D eigenvalue weighted by Crippen LogP contribution is 2.28.